The molecule has 1 fully saturated rings. The quantitative estimate of drug-likeness (QED) is 0.743. The summed E-state index contributed by atoms with van der Waals surface area (Å²) in [5, 5.41) is 0. The van der Waals surface area contributed by atoms with Crippen LogP contribution in [0.2, 0.25) is 0 Å². The van der Waals surface area contributed by atoms with Crippen molar-refractivity contribution in [3.8, 4) is 0 Å². The molecule has 25 heavy (non-hydrogen) atoms. The second kappa shape index (κ2) is 10.1. The van der Waals surface area contributed by atoms with Crippen molar-refractivity contribution in [3.63, 3.8) is 0 Å². The van der Waals surface area contributed by atoms with Gasteiger partial charge in [-0.05, 0) is 33.1 Å². The molecule has 2 rings (SSSR count). The molecule has 0 amide bonds. The van der Waals surface area contributed by atoms with E-state index in [1.165, 1.54) is 5.69 Å². The highest BCUT2D eigenvalue weighted by Gasteiger charge is 2.34. The number of hydrogen-bond donors (Lipinski definition) is 1. The second-order valence-corrected chi connectivity index (χ2v) is 8.67. The van der Waals surface area contributed by atoms with E-state index in [1.54, 1.807) is 6.92 Å². The zero-order valence-electron chi connectivity index (χ0n) is 15.8. The minimum atomic E-state index is -3.16. The fraction of sp³-hybridized carbons (Fsp3) is 0.812. The Bertz CT molecular complexity index is 649. The molecular weight excluding hydrogens is 383 g/mol. The number of nitrogens with one attached hydrogen (secondary N) is 1. The lowest BCUT2D eigenvalue weighted by Crippen LogP contribution is -2.41. The minimum absolute atomic E-state index is 0. The molecule has 0 aliphatic carbocycles. The summed E-state index contributed by atoms with van der Waals surface area (Å²) in [6, 6.07) is 0.0161. The van der Waals surface area contributed by atoms with Gasteiger partial charge in [0.1, 0.15) is 5.82 Å². The van der Waals surface area contributed by atoms with Gasteiger partial charge < -0.3 is 4.57 Å². The van der Waals surface area contributed by atoms with Crippen LogP contribution in [0, 0.1) is 19.8 Å². The molecule has 0 bridgehead atoms. The van der Waals surface area contributed by atoms with Crippen molar-refractivity contribution in [2.24, 2.45) is 13.0 Å². The standard InChI is InChI=1S/C16H30N4O2S.2ClH/c1-6-8-14-9-20(10-15(14)18-23(21,22)7-2)11-16-17-12(3)13(4)19(16)5;;/h14-15,18H,6-11H2,1-5H3;2*1H/t14-,15-;;/m0../s1. The van der Waals surface area contributed by atoms with Crippen LogP contribution in [0.3, 0.4) is 0 Å². The van der Waals surface area contributed by atoms with Crippen LogP contribution in [-0.4, -0.2) is 47.8 Å². The van der Waals surface area contributed by atoms with E-state index in [9.17, 15) is 8.42 Å². The summed E-state index contributed by atoms with van der Waals surface area (Å²) in [5.41, 5.74) is 2.25. The maximum atomic E-state index is 11.9. The van der Waals surface area contributed by atoms with E-state index in [2.05, 4.69) is 33.0 Å². The minimum Gasteiger partial charge on any atom is -0.334 e. The van der Waals surface area contributed by atoms with Gasteiger partial charge in [0.25, 0.3) is 0 Å². The maximum Gasteiger partial charge on any atom is 0.211 e. The number of likely N-dealkylation sites (tertiary alicyclic amines) is 1. The first-order valence-electron chi connectivity index (χ1n) is 8.48. The van der Waals surface area contributed by atoms with Crippen LogP contribution in [0.1, 0.15) is 43.9 Å². The number of halogens is 2. The van der Waals surface area contributed by atoms with Crippen LogP contribution in [0.15, 0.2) is 0 Å². The number of aromatic nitrogens is 2. The van der Waals surface area contributed by atoms with Gasteiger partial charge in [0.15, 0.2) is 0 Å². The molecule has 1 aromatic rings. The molecule has 0 radical (unpaired) electrons. The predicted molar refractivity (Wildman–Crippen MR) is 107 cm³/mol. The van der Waals surface area contributed by atoms with Crippen LogP contribution in [-0.2, 0) is 23.6 Å². The molecule has 0 saturated carbocycles. The van der Waals surface area contributed by atoms with Crippen LogP contribution in [0.5, 0.6) is 0 Å². The summed E-state index contributed by atoms with van der Waals surface area (Å²) in [6.07, 6.45) is 2.12. The van der Waals surface area contributed by atoms with Gasteiger partial charge >= 0.3 is 0 Å². The molecule has 2 atom stereocenters. The summed E-state index contributed by atoms with van der Waals surface area (Å²) in [7, 11) is -1.12. The summed E-state index contributed by atoms with van der Waals surface area (Å²) >= 11 is 0. The smallest absolute Gasteiger partial charge is 0.211 e. The summed E-state index contributed by atoms with van der Waals surface area (Å²) in [6.45, 7) is 10.4. The van der Waals surface area contributed by atoms with E-state index in [-0.39, 0.29) is 36.6 Å². The van der Waals surface area contributed by atoms with Gasteiger partial charge in [0.2, 0.25) is 10.0 Å². The molecule has 1 N–H and O–H groups in total. The number of imidazole rings is 1. The number of nitrogens with zero attached hydrogens (tertiary/aromatic N) is 3. The van der Waals surface area contributed by atoms with Crippen LogP contribution in [0.25, 0.3) is 0 Å². The number of hydrogen-bond acceptors (Lipinski definition) is 4. The van der Waals surface area contributed by atoms with Gasteiger partial charge in [-0.1, -0.05) is 13.3 Å². The van der Waals surface area contributed by atoms with Crippen molar-refractivity contribution < 1.29 is 8.42 Å². The highest BCUT2D eigenvalue weighted by molar-refractivity contribution is 7.89. The van der Waals surface area contributed by atoms with Gasteiger partial charge in [-0.3, -0.25) is 4.90 Å². The molecule has 1 aliphatic heterocycles. The number of sulfonamides is 1. The Balaban J connectivity index is 0.00000288. The molecule has 2 heterocycles. The predicted octanol–water partition coefficient (Wildman–Crippen LogP) is 2.42. The zero-order valence-corrected chi connectivity index (χ0v) is 18.2. The summed E-state index contributed by atoms with van der Waals surface area (Å²) in [4.78, 5) is 6.97. The van der Waals surface area contributed by atoms with E-state index in [4.69, 9.17) is 0 Å². The van der Waals surface area contributed by atoms with Gasteiger partial charge in [-0.25, -0.2) is 18.1 Å². The van der Waals surface area contributed by atoms with E-state index in [0.717, 1.165) is 44.0 Å². The fourth-order valence-corrected chi connectivity index (χ4v) is 4.22. The van der Waals surface area contributed by atoms with Crippen LogP contribution < -0.4 is 4.72 Å². The van der Waals surface area contributed by atoms with Gasteiger partial charge in [-0.2, -0.15) is 0 Å². The fourth-order valence-electron chi connectivity index (χ4n) is 3.33. The monoisotopic (exact) mass is 414 g/mol. The molecular formula is C16H32Cl2N4O2S. The third-order valence-electron chi connectivity index (χ3n) is 4.96. The largest absolute Gasteiger partial charge is 0.334 e. The molecule has 0 aromatic carbocycles. The van der Waals surface area contributed by atoms with E-state index >= 15 is 0 Å². The second-order valence-electron chi connectivity index (χ2n) is 6.63. The first kappa shape index (κ1) is 24.7. The lowest BCUT2D eigenvalue weighted by Gasteiger charge is -2.18. The Morgan fingerprint density at radius 2 is 1.84 bits per heavy atom. The van der Waals surface area contributed by atoms with Crippen molar-refractivity contribution in [2.75, 3.05) is 18.8 Å². The molecule has 0 unspecified atom stereocenters. The van der Waals surface area contributed by atoms with E-state index in [0.29, 0.717) is 5.92 Å². The molecule has 6 nitrogen and oxygen atoms in total. The highest BCUT2D eigenvalue weighted by Crippen LogP contribution is 2.24. The van der Waals surface area contributed by atoms with Crippen molar-refractivity contribution in [2.45, 2.75) is 53.1 Å². The first-order chi connectivity index (χ1) is 10.8. The third-order valence-corrected chi connectivity index (χ3v) is 6.38. The normalized spacial score (nSPS) is 21.0. The SMILES string of the molecule is CCC[C@H]1CN(Cc2nc(C)c(C)n2C)C[C@@H]1NS(=O)(=O)CC.Cl.Cl. The topological polar surface area (TPSA) is 67.2 Å². The molecule has 148 valence electrons. The lowest BCUT2D eigenvalue weighted by molar-refractivity contribution is 0.301. The van der Waals surface area contributed by atoms with Gasteiger partial charge in [0, 0.05) is 31.9 Å². The Labute approximate surface area is 164 Å². The van der Waals surface area contributed by atoms with Gasteiger partial charge in [-0.15, -0.1) is 24.8 Å². The van der Waals surface area contributed by atoms with Gasteiger partial charge in [0.05, 0.1) is 18.0 Å². The highest BCUT2D eigenvalue weighted by atomic mass is 35.5. The van der Waals surface area contributed by atoms with Crippen molar-refractivity contribution >= 4 is 34.8 Å². The average molecular weight is 415 g/mol. The van der Waals surface area contributed by atoms with E-state index < -0.39 is 10.0 Å². The van der Waals surface area contributed by atoms with Crippen molar-refractivity contribution in [1.82, 2.24) is 19.2 Å². The Hall–Kier alpha value is -0.340. The maximum absolute atomic E-state index is 11.9. The number of rotatable bonds is 7. The first-order valence-corrected chi connectivity index (χ1v) is 10.1. The Morgan fingerprint density at radius 1 is 1.20 bits per heavy atom. The zero-order chi connectivity index (χ0) is 17.2. The van der Waals surface area contributed by atoms with Crippen molar-refractivity contribution in [3.05, 3.63) is 17.2 Å². The number of aryl methyl sites for hydroxylation is 1. The summed E-state index contributed by atoms with van der Waals surface area (Å²) in [5.74, 6) is 1.57. The summed E-state index contributed by atoms with van der Waals surface area (Å²) < 4.78 is 28.9. The lowest BCUT2D eigenvalue weighted by atomic mass is 9.99. The van der Waals surface area contributed by atoms with Crippen molar-refractivity contribution in [1.29, 1.82) is 0 Å². The third kappa shape index (κ3) is 6.10. The van der Waals surface area contributed by atoms with Crippen LogP contribution >= 0.6 is 24.8 Å². The molecule has 1 aromatic heterocycles. The molecule has 1 saturated heterocycles. The molecule has 1 aliphatic rings. The average Bonchev–Trinajstić information content (AvgIpc) is 2.96. The van der Waals surface area contributed by atoms with Crippen LogP contribution in [0.4, 0.5) is 0 Å². The molecule has 9 heteroatoms. The Morgan fingerprint density at radius 3 is 2.32 bits per heavy atom. The Kier molecular flexibility index (Phi) is 9.98. The van der Waals surface area contributed by atoms with E-state index in [1.807, 2.05) is 14.0 Å². The molecule has 0 spiro atoms.